The van der Waals surface area contributed by atoms with Gasteiger partial charge in [-0.15, -0.1) is 0 Å². The minimum absolute atomic E-state index is 0.433. The van der Waals surface area contributed by atoms with Gasteiger partial charge in [-0.25, -0.2) is 0 Å². The zero-order chi connectivity index (χ0) is 15.4. The molecule has 3 rings (SSSR count). The molecule has 3 nitrogen and oxygen atoms in total. The van der Waals surface area contributed by atoms with Crippen LogP contribution < -0.4 is 9.80 Å². The normalized spacial score (nSPS) is 36.2. The average molecular weight is 304 g/mol. The molecular weight excluding hydrogens is 272 g/mol. The van der Waals surface area contributed by atoms with Gasteiger partial charge in [-0.3, -0.25) is 0 Å². The van der Waals surface area contributed by atoms with Gasteiger partial charge in [0.2, 0.25) is 0 Å². The molecule has 2 N–H and O–H groups in total. The van der Waals surface area contributed by atoms with Crippen molar-refractivity contribution >= 4 is 0 Å². The molecule has 1 unspecified atom stereocenters. The quantitative estimate of drug-likeness (QED) is 0.799. The lowest BCUT2D eigenvalue weighted by molar-refractivity contribution is -0.966. The van der Waals surface area contributed by atoms with Gasteiger partial charge < -0.3 is 14.5 Å². The van der Waals surface area contributed by atoms with Crippen molar-refractivity contribution in [3.63, 3.8) is 0 Å². The zero-order valence-electron chi connectivity index (χ0n) is 14.2. The fourth-order valence-electron chi connectivity index (χ4n) is 4.30. The highest BCUT2D eigenvalue weighted by molar-refractivity contribution is 5.14. The summed E-state index contributed by atoms with van der Waals surface area (Å²) in [6.07, 6.45) is 4.86. The van der Waals surface area contributed by atoms with Crippen LogP contribution in [-0.2, 0) is 11.2 Å². The van der Waals surface area contributed by atoms with Gasteiger partial charge in [0.1, 0.15) is 25.3 Å². The lowest BCUT2D eigenvalue weighted by Crippen LogP contribution is -3.22. The van der Waals surface area contributed by atoms with E-state index in [9.17, 15) is 0 Å². The summed E-state index contributed by atoms with van der Waals surface area (Å²) < 4.78 is 5.89. The molecule has 3 atom stereocenters. The Morgan fingerprint density at radius 3 is 2.27 bits per heavy atom. The molecule has 0 amide bonds. The van der Waals surface area contributed by atoms with Crippen LogP contribution in [0.5, 0.6) is 0 Å². The Bertz CT molecular complexity index is 432. The second-order valence-corrected chi connectivity index (χ2v) is 7.33. The van der Waals surface area contributed by atoms with Crippen molar-refractivity contribution < 1.29 is 14.5 Å². The Morgan fingerprint density at radius 2 is 1.64 bits per heavy atom. The first-order valence-electron chi connectivity index (χ1n) is 9.08. The number of benzene rings is 1. The van der Waals surface area contributed by atoms with E-state index in [0.29, 0.717) is 12.2 Å². The summed E-state index contributed by atoms with van der Waals surface area (Å²) in [5, 5.41) is 0. The van der Waals surface area contributed by atoms with E-state index in [2.05, 4.69) is 44.2 Å². The van der Waals surface area contributed by atoms with Crippen molar-refractivity contribution in [2.24, 2.45) is 0 Å². The number of likely N-dealkylation sites (tertiary alicyclic amines) is 1. The number of piperidine rings is 1. The second kappa shape index (κ2) is 7.58. The molecular formula is C19H32N2O+2. The van der Waals surface area contributed by atoms with Gasteiger partial charge in [-0.1, -0.05) is 30.3 Å². The topological polar surface area (TPSA) is 18.1 Å². The molecule has 3 heteroatoms. The molecule has 0 radical (unpaired) electrons. The molecule has 2 heterocycles. The predicted octanol–water partition coefficient (Wildman–Crippen LogP) is -0.0315. The third kappa shape index (κ3) is 4.31. The van der Waals surface area contributed by atoms with Crippen LogP contribution >= 0.6 is 0 Å². The van der Waals surface area contributed by atoms with E-state index in [1.807, 2.05) is 0 Å². The molecule has 1 aromatic rings. The average Bonchev–Trinajstić information content (AvgIpc) is 2.53. The van der Waals surface area contributed by atoms with E-state index in [1.165, 1.54) is 57.5 Å². The number of hydrogen-bond acceptors (Lipinski definition) is 1. The van der Waals surface area contributed by atoms with Crippen LogP contribution in [0.1, 0.15) is 32.3 Å². The molecule has 0 bridgehead atoms. The van der Waals surface area contributed by atoms with Gasteiger partial charge in [0.25, 0.3) is 0 Å². The first kappa shape index (κ1) is 16.0. The fraction of sp³-hybridized carbons (Fsp3) is 0.684. The van der Waals surface area contributed by atoms with E-state index in [-0.39, 0.29) is 0 Å². The third-order valence-corrected chi connectivity index (χ3v) is 5.44. The molecule has 2 fully saturated rings. The summed E-state index contributed by atoms with van der Waals surface area (Å²) in [4.78, 5) is 3.60. The molecule has 2 saturated heterocycles. The number of hydrogen-bond donors (Lipinski definition) is 2. The monoisotopic (exact) mass is 304 g/mol. The van der Waals surface area contributed by atoms with Crippen LogP contribution in [0.2, 0.25) is 0 Å². The van der Waals surface area contributed by atoms with Gasteiger partial charge in [-0.05, 0) is 19.4 Å². The Balaban J connectivity index is 1.42. The first-order chi connectivity index (χ1) is 10.7. The van der Waals surface area contributed by atoms with Crippen LogP contribution in [0.15, 0.2) is 30.3 Å². The SMILES string of the molecule is C[C@@H]1C[NH+](C2CC[NH+](CCc3ccccc3)CC2)C[C@H](C)O1. The number of morpholine rings is 1. The summed E-state index contributed by atoms with van der Waals surface area (Å²) in [5.74, 6) is 0. The number of rotatable bonds is 4. The molecule has 122 valence electrons. The molecule has 2 aliphatic heterocycles. The molecule has 2 aliphatic rings. The molecule has 0 aliphatic carbocycles. The maximum Gasteiger partial charge on any atom is 0.104 e. The smallest absolute Gasteiger partial charge is 0.104 e. The third-order valence-electron chi connectivity index (χ3n) is 5.44. The van der Waals surface area contributed by atoms with Crippen molar-refractivity contribution in [1.82, 2.24) is 0 Å². The van der Waals surface area contributed by atoms with Gasteiger partial charge >= 0.3 is 0 Å². The minimum atomic E-state index is 0.433. The fourth-order valence-corrected chi connectivity index (χ4v) is 4.30. The van der Waals surface area contributed by atoms with E-state index in [0.717, 1.165) is 6.04 Å². The van der Waals surface area contributed by atoms with Gasteiger partial charge in [0.15, 0.2) is 0 Å². The molecule has 0 spiro atoms. The summed E-state index contributed by atoms with van der Waals surface area (Å²) in [5.41, 5.74) is 1.48. The lowest BCUT2D eigenvalue weighted by Gasteiger charge is -2.39. The Morgan fingerprint density at radius 1 is 1.00 bits per heavy atom. The second-order valence-electron chi connectivity index (χ2n) is 7.33. The van der Waals surface area contributed by atoms with Gasteiger partial charge in [0.05, 0.1) is 25.7 Å². The molecule has 22 heavy (non-hydrogen) atoms. The van der Waals surface area contributed by atoms with Crippen LogP contribution in [-0.4, -0.2) is 51.0 Å². The van der Waals surface area contributed by atoms with E-state index < -0.39 is 0 Å². The van der Waals surface area contributed by atoms with E-state index in [4.69, 9.17) is 4.74 Å². The maximum absolute atomic E-state index is 5.89. The van der Waals surface area contributed by atoms with E-state index >= 15 is 0 Å². The number of quaternary nitrogens is 2. The van der Waals surface area contributed by atoms with Crippen LogP contribution in [0.3, 0.4) is 0 Å². The van der Waals surface area contributed by atoms with Crippen molar-refractivity contribution in [1.29, 1.82) is 0 Å². The number of ether oxygens (including phenoxy) is 1. The Hall–Kier alpha value is -0.900. The lowest BCUT2D eigenvalue weighted by atomic mass is 10.0. The van der Waals surface area contributed by atoms with Gasteiger partial charge in [-0.2, -0.15) is 0 Å². The highest BCUT2D eigenvalue weighted by atomic mass is 16.5. The summed E-state index contributed by atoms with van der Waals surface area (Å²) in [6, 6.07) is 11.8. The maximum atomic E-state index is 5.89. The largest absolute Gasteiger partial charge is 0.364 e. The van der Waals surface area contributed by atoms with E-state index in [1.54, 1.807) is 9.80 Å². The molecule has 1 aromatic carbocycles. The minimum Gasteiger partial charge on any atom is -0.364 e. The summed E-state index contributed by atoms with van der Waals surface area (Å²) in [7, 11) is 0. The highest BCUT2D eigenvalue weighted by Gasteiger charge is 2.34. The summed E-state index contributed by atoms with van der Waals surface area (Å²) in [6.45, 7) is 10.9. The zero-order valence-corrected chi connectivity index (χ0v) is 14.2. The van der Waals surface area contributed by atoms with Crippen LogP contribution in [0.4, 0.5) is 0 Å². The Labute approximate surface area is 135 Å². The first-order valence-corrected chi connectivity index (χ1v) is 9.08. The summed E-state index contributed by atoms with van der Waals surface area (Å²) >= 11 is 0. The van der Waals surface area contributed by atoms with Crippen molar-refractivity contribution in [2.75, 3.05) is 32.7 Å². The predicted molar refractivity (Wildman–Crippen MR) is 89.4 cm³/mol. The standard InChI is InChI=1S/C19H30N2O/c1-16-14-21(15-17(2)22-16)19-9-12-20(13-10-19)11-8-18-6-4-3-5-7-18/h3-7,16-17,19H,8-15H2,1-2H3/p+2/t16-,17+. The van der Waals surface area contributed by atoms with Crippen molar-refractivity contribution in [3.05, 3.63) is 35.9 Å². The van der Waals surface area contributed by atoms with Crippen molar-refractivity contribution in [2.45, 2.75) is 51.4 Å². The Kier molecular flexibility index (Phi) is 5.51. The van der Waals surface area contributed by atoms with Crippen molar-refractivity contribution in [3.8, 4) is 0 Å². The van der Waals surface area contributed by atoms with Crippen LogP contribution in [0, 0.1) is 0 Å². The number of nitrogens with one attached hydrogen (secondary N) is 2. The molecule has 0 aromatic heterocycles. The molecule has 0 saturated carbocycles. The van der Waals surface area contributed by atoms with Gasteiger partial charge in [0, 0.05) is 19.3 Å². The van der Waals surface area contributed by atoms with Crippen LogP contribution in [0.25, 0.3) is 0 Å². The highest BCUT2D eigenvalue weighted by Crippen LogP contribution is 2.03.